The van der Waals surface area contributed by atoms with Crippen molar-refractivity contribution in [3.8, 4) is 5.75 Å². The van der Waals surface area contributed by atoms with Crippen LogP contribution in [0.3, 0.4) is 0 Å². The quantitative estimate of drug-likeness (QED) is 0.716. The Hall–Kier alpha value is -0.540. The lowest BCUT2D eigenvalue weighted by molar-refractivity contribution is -0.0192. The van der Waals surface area contributed by atoms with Gasteiger partial charge in [-0.05, 0) is 74.9 Å². The average Bonchev–Trinajstić information content (AvgIpc) is 3.35. The monoisotopic (exact) mass is 377 g/mol. The third-order valence-corrected chi connectivity index (χ3v) is 7.52. The van der Waals surface area contributed by atoms with Crippen LogP contribution in [0.5, 0.6) is 5.75 Å². The molecule has 0 N–H and O–H groups in total. The van der Waals surface area contributed by atoms with Gasteiger partial charge in [-0.15, -0.1) is 17.0 Å². The number of benzene rings is 1. The molecule has 1 spiro atoms. The summed E-state index contributed by atoms with van der Waals surface area (Å²) in [6.45, 7) is 1.28. The molecule has 1 aromatic rings. The van der Waals surface area contributed by atoms with Crippen LogP contribution < -0.4 is 4.74 Å². The van der Waals surface area contributed by atoms with Gasteiger partial charge in [0.1, 0.15) is 5.75 Å². The maximum atomic E-state index is 5.59. The van der Waals surface area contributed by atoms with E-state index >= 15 is 0 Å². The summed E-state index contributed by atoms with van der Waals surface area (Å²) < 4.78 is 5.59. The second-order valence-electron chi connectivity index (χ2n) is 8.25. The number of likely N-dealkylation sites (tertiary alicyclic amines) is 1. The normalized spacial score (nSPS) is 36.6. The maximum Gasteiger partial charge on any atom is 0.119 e. The molecule has 0 amide bonds. The number of piperidine rings is 1. The van der Waals surface area contributed by atoms with Crippen molar-refractivity contribution in [3.63, 3.8) is 0 Å². The van der Waals surface area contributed by atoms with Gasteiger partial charge in [-0.2, -0.15) is 0 Å². The Balaban J connectivity index is 0.00000135. The Morgan fingerprint density at radius 3 is 2.61 bits per heavy atom. The summed E-state index contributed by atoms with van der Waals surface area (Å²) in [5, 5.41) is 0. The second kappa shape index (κ2) is 5.23. The molecule has 5 rings (SSSR count). The molecule has 3 aliphatic carbocycles. The molecule has 3 fully saturated rings. The Morgan fingerprint density at radius 1 is 1.04 bits per heavy atom. The number of halogens is 1. The van der Waals surface area contributed by atoms with Crippen molar-refractivity contribution in [3.05, 3.63) is 29.3 Å². The minimum absolute atomic E-state index is 0. The van der Waals surface area contributed by atoms with Crippen molar-refractivity contribution in [2.24, 2.45) is 5.92 Å². The number of hydrogen-bond donors (Lipinski definition) is 0. The first-order valence-electron chi connectivity index (χ1n) is 9.11. The Bertz CT molecular complexity index is 626. The molecule has 2 nitrogen and oxygen atoms in total. The molecule has 4 aliphatic rings. The van der Waals surface area contributed by atoms with Crippen LogP contribution in [0, 0.1) is 5.92 Å². The van der Waals surface area contributed by atoms with Gasteiger partial charge in [-0.1, -0.05) is 18.9 Å². The summed E-state index contributed by atoms with van der Waals surface area (Å²) in [4.78, 5) is 2.72. The molecule has 0 radical (unpaired) electrons. The zero-order valence-corrected chi connectivity index (χ0v) is 16.0. The van der Waals surface area contributed by atoms with Crippen LogP contribution in [0.25, 0.3) is 0 Å². The van der Waals surface area contributed by atoms with Crippen LogP contribution in [0.4, 0.5) is 0 Å². The van der Waals surface area contributed by atoms with E-state index in [9.17, 15) is 0 Å². The van der Waals surface area contributed by atoms with Crippen LogP contribution in [0.2, 0.25) is 0 Å². The van der Waals surface area contributed by atoms with E-state index < -0.39 is 0 Å². The summed E-state index contributed by atoms with van der Waals surface area (Å²) in [6, 6.07) is 7.83. The molecule has 0 aromatic heterocycles. The highest BCUT2D eigenvalue weighted by Gasteiger charge is 2.65. The van der Waals surface area contributed by atoms with Gasteiger partial charge in [0, 0.05) is 16.9 Å². The highest BCUT2D eigenvalue weighted by molar-refractivity contribution is 8.93. The van der Waals surface area contributed by atoms with Gasteiger partial charge in [-0.25, -0.2) is 0 Å². The number of ether oxygens (including phenoxy) is 1. The number of nitrogens with zero attached hydrogens (tertiary/aromatic N) is 1. The zero-order valence-electron chi connectivity index (χ0n) is 14.3. The number of fused-ring (bicyclic) bond motifs is 3. The van der Waals surface area contributed by atoms with E-state index in [0.717, 1.165) is 17.7 Å². The van der Waals surface area contributed by atoms with Crippen LogP contribution in [0.1, 0.15) is 56.1 Å². The van der Waals surface area contributed by atoms with Gasteiger partial charge in [0.05, 0.1) is 7.11 Å². The molecule has 2 bridgehead atoms. The van der Waals surface area contributed by atoms with Gasteiger partial charge in [0.25, 0.3) is 0 Å². The largest absolute Gasteiger partial charge is 0.497 e. The van der Waals surface area contributed by atoms with Crippen molar-refractivity contribution in [1.82, 2.24) is 4.90 Å². The van der Waals surface area contributed by atoms with Gasteiger partial charge in [0.2, 0.25) is 0 Å². The molecule has 1 saturated heterocycles. The summed E-state index contributed by atoms with van der Waals surface area (Å²) in [6.07, 6.45) is 9.83. The minimum atomic E-state index is 0. The highest BCUT2D eigenvalue weighted by Crippen LogP contribution is 2.67. The first-order chi connectivity index (χ1) is 10.7. The molecule has 126 valence electrons. The van der Waals surface area contributed by atoms with E-state index in [-0.39, 0.29) is 17.0 Å². The van der Waals surface area contributed by atoms with Crippen LogP contribution in [0.15, 0.2) is 18.2 Å². The fourth-order valence-electron chi connectivity index (χ4n) is 6.49. The lowest BCUT2D eigenvalue weighted by atomic mass is 9.49. The predicted molar refractivity (Wildman–Crippen MR) is 98.9 cm³/mol. The van der Waals surface area contributed by atoms with Gasteiger partial charge < -0.3 is 9.64 Å². The number of likely N-dealkylation sites (N-methyl/N-ethyl adjacent to an activating group) is 1. The number of methoxy groups -OCH3 is 1. The SMILES string of the molecule is Br.COc1ccc2c(c1)[C@]13CCCC[C@H]1[C@@H](N(C)CC3)C21CC1. The Labute approximate surface area is 150 Å². The van der Waals surface area contributed by atoms with Gasteiger partial charge in [0.15, 0.2) is 0 Å². The lowest BCUT2D eigenvalue weighted by Gasteiger charge is -2.61. The molecule has 23 heavy (non-hydrogen) atoms. The highest BCUT2D eigenvalue weighted by atomic mass is 79.9. The Morgan fingerprint density at radius 2 is 1.87 bits per heavy atom. The lowest BCUT2D eigenvalue weighted by Crippen LogP contribution is -2.63. The van der Waals surface area contributed by atoms with Gasteiger partial charge >= 0.3 is 0 Å². The summed E-state index contributed by atoms with van der Waals surface area (Å²) in [5.41, 5.74) is 4.29. The minimum Gasteiger partial charge on any atom is -0.497 e. The molecule has 1 aliphatic heterocycles. The summed E-state index contributed by atoms with van der Waals surface area (Å²) in [7, 11) is 4.20. The maximum absolute atomic E-state index is 5.59. The summed E-state index contributed by atoms with van der Waals surface area (Å²) >= 11 is 0. The molecule has 3 heteroatoms. The molecule has 2 saturated carbocycles. The van der Waals surface area contributed by atoms with E-state index in [1.165, 1.54) is 51.5 Å². The van der Waals surface area contributed by atoms with E-state index in [0.29, 0.717) is 10.8 Å². The number of rotatable bonds is 1. The zero-order chi connectivity index (χ0) is 14.9. The van der Waals surface area contributed by atoms with Crippen LogP contribution in [-0.2, 0) is 10.8 Å². The second-order valence-corrected chi connectivity index (χ2v) is 8.25. The first-order valence-corrected chi connectivity index (χ1v) is 9.11. The average molecular weight is 378 g/mol. The molecular weight excluding hydrogens is 350 g/mol. The van der Waals surface area contributed by atoms with Gasteiger partial charge in [-0.3, -0.25) is 0 Å². The standard InChI is InChI=1S/C20H27NO.BrH/c1-21-12-11-19-8-4-3-5-16(19)18(21)20(9-10-20)15-7-6-14(22-2)13-17(15)19;/h6-7,13,16,18H,3-5,8-12H2,1-2H3;1H/t16-,18+,19-;/m0./s1. The van der Waals surface area contributed by atoms with E-state index in [1.807, 2.05) is 7.11 Å². The van der Waals surface area contributed by atoms with Crippen molar-refractivity contribution in [1.29, 1.82) is 0 Å². The molecule has 3 atom stereocenters. The number of hydrogen-bond acceptors (Lipinski definition) is 2. The van der Waals surface area contributed by atoms with Crippen LogP contribution in [-0.4, -0.2) is 31.6 Å². The van der Waals surface area contributed by atoms with E-state index in [2.05, 4.69) is 30.1 Å². The third-order valence-electron chi connectivity index (χ3n) is 7.52. The van der Waals surface area contributed by atoms with Crippen molar-refractivity contribution in [2.75, 3.05) is 20.7 Å². The Kier molecular flexibility index (Phi) is 3.63. The third kappa shape index (κ3) is 1.90. The predicted octanol–water partition coefficient (Wildman–Crippen LogP) is 4.45. The molecule has 1 heterocycles. The molecule has 1 aromatic carbocycles. The van der Waals surface area contributed by atoms with Crippen molar-refractivity contribution in [2.45, 2.75) is 61.8 Å². The molecular formula is C20H28BrNO. The fraction of sp³-hybridized carbons (Fsp3) is 0.700. The van der Waals surface area contributed by atoms with E-state index in [1.54, 1.807) is 11.1 Å². The molecule has 0 unspecified atom stereocenters. The smallest absolute Gasteiger partial charge is 0.119 e. The fourth-order valence-corrected chi connectivity index (χ4v) is 6.49. The van der Waals surface area contributed by atoms with E-state index in [4.69, 9.17) is 4.74 Å². The summed E-state index contributed by atoms with van der Waals surface area (Å²) in [5.74, 6) is 1.94. The topological polar surface area (TPSA) is 12.5 Å². The van der Waals surface area contributed by atoms with Crippen molar-refractivity contribution < 1.29 is 4.74 Å². The van der Waals surface area contributed by atoms with Crippen molar-refractivity contribution >= 4 is 17.0 Å². The van der Waals surface area contributed by atoms with Crippen LogP contribution >= 0.6 is 17.0 Å². The first kappa shape index (κ1) is 16.0.